The number of fused-ring (bicyclic) bond motifs is 1. The average Bonchev–Trinajstić information content (AvgIpc) is 3.38. The second-order valence-electron chi connectivity index (χ2n) is 5.41. The van der Waals surface area contributed by atoms with Gasteiger partial charge in [-0.3, -0.25) is 4.79 Å². The molecule has 25 heavy (non-hydrogen) atoms. The summed E-state index contributed by atoms with van der Waals surface area (Å²) in [6, 6.07) is 10.6. The molecule has 0 saturated heterocycles. The first-order valence-corrected chi connectivity index (χ1v) is 9.19. The molecule has 4 rings (SSSR count). The summed E-state index contributed by atoms with van der Waals surface area (Å²) < 4.78 is 13.9. The van der Waals surface area contributed by atoms with Gasteiger partial charge in [-0.15, -0.1) is 0 Å². The summed E-state index contributed by atoms with van der Waals surface area (Å²) in [5, 5.41) is 16.9. The van der Waals surface area contributed by atoms with Crippen LogP contribution in [0.3, 0.4) is 0 Å². The number of rotatable bonds is 5. The Hall–Kier alpha value is -2.55. The number of nitrogens with one attached hydrogen (secondary N) is 1. The molecular formula is C17H13N3O3S2. The van der Waals surface area contributed by atoms with Gasteiger partial charge in [-0.1, -0.05) is 0 Å². The highest BCUT2D eigenvalue weighted by molar-refractivity contribution is 7.08. The Balaban J connectivity index is 1.41. The zero-order valence-electron chi connectivity index (χ0n) is 12.9. The molecule has 1 aromatic carbocycles. The van der Waals surface area contributed by atoms with Crippen molar-refractivity contribution in [3.8, 4) is 11.3 Å². The van der Waals surface area contributed by atoms with Crippen LogP contribution in [0.2, 0.25) is 0 Å². The molecule has 126 valence electrons. The number of hydrogen-bond acceptors (Lipinski definition) is 7. The number of aromatic nitrogens is 2. The fourth-order valence-corrected chi connectivity index (χ4v) is 3.57. The van der Waals surface area contributed by atoms with E-state index in [2.05, 4.69) is 14.1 Å². The first kappa shape index (κ1) is 15.9. The van der Waals surface area contributed by atoms with Crippen LogP contribution in [0.25, 0.3) is 22.4 Å². The third-order valence-electron chi connectivity index (χ3n) is 3.73. The molecule has 8 heteroatoms. The number of aliphatic hydroxyl groups excluding tert-OH is 1. The number of aliphatic hydroxyl groups is 1. The molecule has 1 unspecified atom stereocenters. The molecular weight excluding hydrogens is 358 g/mol. The number of carbonyl (C=O) groups is 1. The molecule has 0 radical (unpaired) electrons. The Kier molecular flexibility index (Phi) is 4.31. The van der Waals surface area contributed by atoms with Gasteiger partial charge < -0.3 is 14.8 Å². The van der Waals surface area contributed by atoms with Crippen LogP contribution in [-0.2, 0) is 0 Å². The van der Waals surface area contributed by atoms with Crippen molar-refractivity contribution >= 4 is 40.0 Å². The quantitative estimate of drug-likeness (QED) is 0.561. The highest BCUT2D eigenvalue weighted by Crippen LogP contribution is 2.26. The topological polar surface area (TPSA) is 88.2 Å². The van der Waals surface area contributed by atoms with Crippen molar-refractivity contribution in [3.63, 3.8) is 0 Å². The van der Waals surface area contributed by atoms with Crippen LogP contribution in [0.1, 0.15) is 22.2 Å². The Morgan fingerprint density at radius 1 is 1.20 bits per heavy atom. The van der Waals surface area contributed by atoms with E-state index in [9.17, 15) is 9.90 Å². The third kappa shape index (κ3) is 3.32. The van der Waals surface area contributed by atoms with Crippen LogP contribution >= 0.6 is 23.1 Å². The maximum absolute atomic E-state index is 12.2. The Bertz CT molecular complexity index is 1010. The summed E-state index contributed by atoms with van der Waals surface area (Å²) in [7, 11) is 0. The van der Waals surface area contributed by atoms with Gasteiger partial charge in [0.1, 0.15) is 28.7 Å². The number of amides is 1. The number of hydrogen-bond donors (Lipinski definition) is 2. The molecule has 0 aliphatic carbocycles. The van der Waals surface area contributed by atoms with E-state index in [0.29, 0.717) is 22.6 Å². The maximum atomic E-state index is 12.2. The molecule has 0 aliphatic heterocycles. The predicted molar refractivity (Wildman–Crippen MR) is 96.7 cm³/mol. The summed E-state index contributed by atoms with van der Waals surface area (Å²) in [4.78, 5) is 12.2. The summed E-state index contributed by atoms with van der Waals surface area (Å²) >= 11 is 2.68. The van der Waals surface area contributed by atoms with E-state index < -0.39 is 6.10 Å². The molecule has 0 spiro atoms. The fraction of sp³-hybridized carbons (Fsp3) is 0.118. The van der Waals surface area contributed by atoms with Gasteiger partial charge >= 0.3 is 0 Å². The summed E-state index contributed by atoms with van der Waals surface area (Å²) in [5.41, 5.74) is 2.89. The SMILES string of the molecule is O=C(NCC(O)c1ccc(-c2ccsc2)o1)c1ccc2nsnc2c1. The van der Waals surface area contributed by atoms with Gasteiger partial charge in [-0.05, 0) is 41.8 Å². The normalized spacial score (nSPS) is 12.4. The highest BCUT2D eigenvalue weighted by Gasteiger charge is 2.16. The van der Waals surface area contributed by atoms with Crippen molar-refractivity contribution in [3.05, 3.63) is 58.5 Å². The lowest BCUT2D eigenvalue weighted by molar-refractivity contribution is 0.0902. The monoisotopic (exact) mass is 371 g/mol. The molecule has 0 bridgehead atoms. The number of furan rings is 1. The highest BCUT2D eigenvalue weighted by atomic mass is 32.1. The van der Waals surface area contributed by atoms with Crippen molar-refractivity contribution in [1.82, 2.24) is 14.1 Å². The number of benzene rings is 1. The molecule has 0 fully saturated rings. The minimum atomic E-state index is -0.916. The smallest absolute Gasteiger partial charge is 0.251 e. The second kappa shape index (κ2) is 6.75. The molecule has 6 nitrogen and oxygen atoms in total. The van der Waals surface area contributed by atoms with E-state index in [-0.39, 0.29) is 12.5 Å². The van der Waals surface area contributed by atoms with Crippen LogP contribution in [0.5, 0.6) is 0 Å². The van der Waals surface area contributed by atoms with Crippen molar-refractivity contribution in [2.24, 2.45) is 0 Å². The maximum Gasteiger partial charge on any atom is 0.251 e. The van der Waals surface area contributed by atoms with E-state index in [1.54, 1.807) is 35.6 Å². The van der Waals surface area contributed by atoms with Gasteiger partial charge in [-0.2, -0.15) is 20.1 Å². The number of carbonyl (C=O) groups excluding carboxylic acids is 1. The van der Waals surface area contributed by atoms with Gasteiger partial charge in [0, 0.05) is 16.5 Å². The summed E-state index contributed by atoms with van der Waals surface area (Å²) in [6.07, 6.45) is -0.916. The zero-order chi connectivity index (χ0) is 17.2. The first-order valence-electron chi connectivity index (χ1n) is 7.51. The lowest BCUT2D eigenvalue weighted by atomic mass is 10.2. The van der Waals surface area contributed by atoms with E-state index in [4.69, 9.17) is 4.42 Å². The van der Waals surface area contributed by atoms with E-state index in [1.165, 1.54) is 0 Å². The van der Waals surface area contributed by atoms with Gasteiger partial charge in [-0.25, -0.2) is 0 Å². The van der Waals surface area contributed by atoms with Crippen LogP contribution in [0.15, 0.2) is 51.6 Å². The minimum Gasteiger partial charge on any atom is -0.458 e. The van der Waals surface area contributed by atoms with Gasteiger partial charge in [0.2, 0.25) is 0 Å². The van der Waals surface area contributed by atoms with E-state index in [0.717, 1.165) is 22.8 Å². The minimum absolute atomic E-state index is 0.0583. The summed E-state index contributed by atoms with van der Waals surface area (Å²) in [5.74, 6) is 0.835. The molecule has 0 aliphatic rings. The van der Waals surface area contributed by atoms with Crippen molar-refractivity contribution in [2.45, 2.75) is 6.10 Å². The molecule has 3 aromatic heterocycles. The average molecular weight is 371 g/mol. The van der Waals surface area contributed by atoms with Gasteiger partial charge in [0.05, 0.1) is 18.3 Å². The van der Waals surface area contributed by atoms with Gasteiger partial charge in [0.15, 0.2) is 0 Å². The van der Waals surface area contributed by atoms with Crippen LogP contribution in [-0.4, -0.2) is 26.3 Å². The standard InChI is InChI=1S/C17H13N3O3S2/c21-14(16-4-3-15(23-16)11-5-6-24-9-11)8-18-17(22)10-1-2-12-13(7-10)20-25-19-12/h1-7,9,14,21H,8H2,(H,18,22). The Morgan fingerprint density at radius 3 is 2.92 bits per heavy atom. The largest absolute Gasteiger partial charge is 0.458 e. The predicted octanol–water partition coefficient (Wildman–Crippen LogP) is 3.48. The van der Waals surface area contributed by atoms with Crippen LogP contribution in [0.4, 0.5) is 0 Å². The van der Waals surface area contributed by atoms with Gasteiger partial charge in [0.25, 0.3) is 5.91 Å². The Morgan fingerprint density at radius 2 is 2.08 bits per heavy atom. The Labute approximate surface area is 151 Å². The van der Waals surface area contributed by atoms with Crippen LogP contribution in [0, 0.1) is 0 Å². The molecule has 1 amide bonds. The van der Waals surface area contributed by atoms with E-state index in [1.807, 2.05) is 22.9 Å². The molecule has 1 atom stereocenters. The number of nitrogens with zero attached hydrogens (tertiary/aromatic N) is 2. The zero-order valence-corrected chi connectivity index (χ0v) is 14.5. The van der Waals surface area contributed by atoms with E-state index >= 15 is 0 Å². The van der Waals surface area contributed by atoms with Crippen molar-refractivity contribution in [2.75, 3.05) is 6.54 Å². The first-order chi connectivity index (χ1) is 12.2. The number of thiophene rings is 1. The fourth-order valence-electron chi connectivity index (χ4n) is 2.41. The van der Waals surface area contributed by atoms with Crippen molar-refractivity contribution < 1.29 is 14.3 Å². The second-order valence-corrected chi connectivity index (χ2v) is 6.72. The van der Waals surface area contributed by atoms with Crippen LogP contribution < -0.4 is 5.32 Å². The molecule has 2 N–H and O–H groups in total. The molecule has 0 saturated carbocycles. The molecule has 3 heterocycles. The lowest BCUT2D eigenvalue weighted by Gasteiger charge is -2.09. The third-order valence-corrected chi connectivity index (χ3v) is 4.97. The molecule has 4 aromatic rings. The lowest BCUT2D eigenvalue weighted by Crippen LogP contribution is -2.28. The van der Waals surface area contributed by atoms with Crippen molar-refractivity contribution in [1.29, 1.82) is 0 Å². The summed E-state index contributed by atoms with van der Waals surface area (Å²) in [6.45, 7) is 0.0583.